The van der Waals surface area contributed by atoms with E-state index in [2.05, 4.69) is 16.0 Å². The maximum atomic E-state index is 13.5. The zero-order valence-electron chi connectivity index (χ0n) is 27.5. The van der Waals surface area contributed by atoms with Crippen LogP contribution >= 0.6 is 0 Å². The maximum Gasteiger partial charge on any atom is 0.408 e. The van der Waals surface area contributed by atoms with E-state index in [1.807, 2.05) is 6.07 Å². The van der Waals surface area contributed by atoms with E-state index >= 15 is 0 Å². The third kappa shape index (κ3) is 18.5. The molecule has 0 saturated heterocycles. The van der Waals surface area contributed by atoms with Crippen molar-refractivity contribution in [1.82, 2.24) is 20.9 Å². The molecular weight excluding hydrogens is 572 g/mol. The van der Waals surface area contributed by atoms with Crippen molar-refractivity contribution in [3.8, 4) is 0 Å². The highest BCUT2D eigenvalue weighted by molar-refractivity contribution is 5.88. The van der Waals surface area contributed by atoms with Crippen LogP contribution in [0.3, 0.4) is 0 Å². The number of nitrogens with zero attached hydrogens (tertiary/aromatic N) is 1. The van der Waals surface area contributed by atoms with Gasteiger partial charge < -0.3 is 39.8 Å². The Kier molecular flexibility index (Phi) is 14.9. The van der Waals surface area contributed by atoms with Gasteiger partial charge in [-0.25, -0.2) is 19.2 Å². The number of esters is 1. The van der Waals surface area contributed by atoms with Gasteiger partial charge in [-0.1, -0.05) is 30.3 Å². The molecule has 0 spiro atoms. The van der Waals surface area contributed by atoms with Gasteiger partial charge in [-0.2, -0.15) is 0 Å². The molecule has 0 bridgehead atoms. The molecular formula is C31H50N4O9. The molecule has 0 fully saturated rings. The van der Waals surface area contributed by atoms with E-state index in [0.717, 1.165) is 5.56 Å². The van der Waals surface area contributed by atoms with Crippen molar-refractivity contribution < 1.29 is 42.9 Å². The Morgan fingerprint density at radius 1 is 0.705 bits per heavy atom. The highest BCUT2D eigenvalue weighted by Crippen LogP contribution is 2.11. The Bertz CT molecular complexity index is 1090. The topological polar surface area (TPSA) is 162 Å². The first-order valence-corrected chi connectivity index (χ1v) is 14.7. The number of hydrogen-bond acceptors (Lipinski definition) is 9. The summed E-state index contributed by atoms with van der Waals surface area (Å²) in [4.78, 5) is 64.7. The van der Waals surface area contributed by atoms with Gasteiger partial charge in [0.15, 0.2) is 0 Å². The lowest BCUT2D eigenvalue weighted by Crippen LogP contribution is -2.48. The van der Waals surface area contributed by atoms with Gasteiger partial charge >= 0.3 is 24.2 Å². The fourth-order valence-corrected chi connectivity index (χ4v) is 3.52. The Morgan fingerprint density at radius 2 is 1.20 bits per heavy atom. The Hall–Kier alpha value is -4.03. The first-order chi connectivity index (χ1) is 20.2. The molecule has 13 heteroatoms. The van der Waals surface area contributed by atoms with Crippen LogP contribution in [-0.2, 0) is 35.1 Å². The van der Waals surface area contributed by atoms with Gasteiger partial charge in [0.05, 0.1) is 6.42 Å². The van der Waals surface area contributed by atoms with Crippen LogP contribution in [0.5, 0.6) is 0 Å². The average molecular weight is 623 g/mol. The second-order valence-corrected chi connectivity index (χ2v) is 13.1. The second-order valence-electron chi connectivity index (χ2n) is 13.1. The first kappa shape index (κ1) is 38.0. The SMILES string of the molecule is CC(C)(C)OC(=O)NCCCN(CCNC(=O)OC(C)(C)C)C(=O)CC(NC(=O)OC(C)(C)C)C(=O)OCc1ccccc1. The number of carbonyl (C=O) groups excluding carboxylic acids is 5. The average Bonchev–Trinajstić information content (AvgIpc) is 2.85. The first-order valence-electron chi connectivity index (χ1n) is 14.7. The van der Waals surface area contributed by atoms with Crippen LogP contribution < -0.4 is 16.0 Å². The van der Waals surface area contributed by atoms with Crippen LogP contribution in [0.15, 0.2) is 30.3 Å². The molecule has 1 unspecified atom stereocenters. The van der Waals surface area contributed by atoms with Crippen molar-refractivity contribution in [2.24, 2.45) is 0 Å². The van der Waals surface area contributed by atoms with E-state index in [4.69, 9.17) is 18.9 Å². The number of benzene rings is 1. The number of alkyl carbamates (subject to hydrolysis) is 3. The molecule has 44 heavy (non-hydrogen) atoms. The van der Waals surface area contributed by atoms with E-state index in [9.17, 15) is 24.0 Å². The molecule has 0 aliphatic heterocycles. The summed E-state index contributed by atoms with van der Waals surface area (Å²) in [6, 6.07) is 7.63. The van der Waals surface area contributed by atoms with Crippen molar-refractivity contribution in [2.45, 2.75) is 105 Å². The third-order valence-corrected chi connectivity index (χ3v) is 5.25. The van der Waals surface area contributed by atoms with Crippen molar-refractivity contribution in [3.05, 3.63) is 35.9 Å². The van der Waals surface area contributed by atoms with Gasteiger partial charge in [-0.05, 0) is 74.3 Å². The van der Waals surface area contributed by atoms with Crippen molar-refractivity contribution in [3.63, 3.8) is 0 Å². The zero-order valence-corrected chi connectivity index (χ0v) is 27.5. The number of amides is 4. The molecule has 1 aromatic rings. The van der Waals surface area contributed by atoms with Crippen molar-refractivity contribution in [2.75, 3.05) is 26.2 Å². The van der Waals surface area contributed by atoms with Crippen LogP contribution in [0.1, 0.15) is 80.7 Å². The summed E-state index contributed by atoms with van der Waals surface area (Å²) in [6.07, 6.45) is -2.21. The van der Waals surface area contributed by atoms with Crippen molar-refractivity contribution >= 4 is 30.2 Å². The molecule has 0 heterocycles. The number of rotatable bonds is 13. The lowest BCUT2D eigenvalue weighted by molar-refractivity contribution is -0.150. The molecule has 3 N–H and O–H groups in total. The Labute approximate surface area is 260 Å². The van der Waals surface area contributed by atoms with Crippen LogP contribution in [-0.4, -0.2) is 84.1 Å². The fourth-order valence-electron chi connectivity index (χ4n) is 3.52. The van der Waals surface area contributed by atoms with E-state index in [1.54, 1.807) is 86.6 Å². The molecule has 1 atom stereocenters. The van der Waals surface area contributed by atoms with E-state index in [1.165, 1.54) is 4.90 Å². The molecule has 0 radical (unpaired) electrons. The lowest BCUT2D eigenvalue weighted by Gasteiger charge is -2.27. The molecule has 248 valence electrons. The summed E-state index contributed by atoms with van der Waals surface area (Å²) < 4.78 is 21.2. The molecule has 0 saturated carbocycles. The predicted molar refractivity (Wildman–Crippen MR) is 164 cm³/mol. The molecule has 4 amide bonds. The van der Waals surface area contributed by atoms with Gasteiger partial charge in [0.25, 0.3) is 0 Å². The summed E-state index contributed by atoms with van der Waals surface area (Å²) >= 11 is 0. The smallest absolute Gasteiger partial charge is 0.408 e. The molecule has 0 aliphatic rings. The zero-order chi connectivity index (χ0) is 33.6. The Morgan fingerprint density at radius 3 is 1.73 bits per heavy atom. The molecule has 1 rings (SSSR count). The van der Waals surface area contributed by atoms with Gasteiger partial charge in [0.2, 0.25) is 5.91 Å². The maximum absolute atomic E-state index is 13.5. The predicted octanol–water partition coefficient (Wildman–Crippen LogP) is 4.28. The standard InChI is InChI=1S/C31H50N4O9/c1-29(2,3)42-26(38)32-16-13-18-35(19-17-33-27(39)43-30(4,5)6)24(36)20-23(34-28(40)44-31(7,8)9)25(37)41-21-22-14-11-10-12-15-22/h10-12,14-15,23H,13,16-21H2,1-9H3,(H,32,38)(H,33,39)(H,34,40). The van der Waals surface area contributed by atoms with Crippen LogP contribution in [0.25, 0.3) is 0 Å². The van der Waals surface area contributed by atoms with Crippen LogP contribution in [0.2, 0.25) is 0 Å². The minimum absolute atomic E-state index is 0.0553. The van der Waals surface area contributed by atoms with Gasteiger partial charge in [-0.3, -0.25) is 4.79 Å². The van der Waals surface area contributed by atoms with Crippen molar-refractivity contribution in [1.29, 1.82) is 0 Å². The van der Waals surface area contributed by atoms with Gasteiger partial charge in [0, 0.05) is 26.2 Å². The third-order valence-electron chi connectivity index (χ3n) is 5.25. The van der Waals surface area contributed by atoms with E-state index in [-0.39, 0.29) is 32.8 Å². The quantitative estimate of drug-likeness (QED) is 0.166. The lowest BCUT2D eigenvalue weighted by atomic mass is 10.1. The molecule has 0 aliphatic carbocycles. The van der Waals surface area contributed by atoms with Gasteiger partial charge in [0.1, 0.15) is 29.5 Å². The number of carbonyl (C=O) groups is 5. The monoisotopic (exact) mass is 622 g/mol. The van der Waals surface area contributed by atoms with E-state index in [0.29, 0.717) is 6.42 Å². The van der Waals surface area contributed by atoms with Gasteiger partial charge in [-0.15, -0.1) is 0 Å². The molecule has 1 aromatic carbocycles. The minimum Gasteiger partial charge on any atom is -0.459 e. The summed E-state index contributed by atoms with van der Waals surface area (Å²) in [7, 11) is 0. The molecule has 13 nitrogen and oxygen atoms in total. The summed E-state index contributed by atoms with van der Waals surface area (Å²) in [6.45, 7) is 15.9. The number of nitrogens with one attached hydrogen (secondary N) is 3. The van der Waals surface area contributed by atoms with Crippen LogP contribution in [0, 0.1) is 0 Å². The highest BCUT2D eigenvalue weighted by atomic mass is 16.6. The normalized spacial score (nSPS) is 12.3. The Balaban J connectivity index is 2.99. The summed E-state index contributed by atoms with van der Waals surface area (Å²) in [5.74, 6) is -1.31. The molecule has 0 aromatic heterocycles. The minimum atomic E-state index is -1.35. The van der Waals surface area contributed by atoms with Crippen LogP contribution in [0.4, 0.5) is 14.4 Å². The number of hydrogen-bond donors (Lipinski definition) is 3. The number of ether oxygens (including phenoxy) is 4. The largest absolute Gasteiger partial charge is 0.459 e. The highest BCUT2D eigenvalue weighted by Gasteiger charge is 2.30. The summed E-state index contributed by atoms with van der Waals surface area (Å²) in [5.41, 5.74) is -1.47. The summed E-state index contributed by atoms with van der Waals surface area (Å²) in [5, 5.41) is 7.69. The van der Waals surface area contributed by atoms with E-state index < -0.39 is 59.4 Å². The second kappa shape index (κ2) is 17.3. The fraction of sp³-hybridized carbons (Fsp3) is 0.645.